The molecule has 0 radical (unpaired) electrons. The third-order valence-electron chi connectivity index (χ3n) is 4.00. The first kappa shape index (κ1) is 15.8. The normalized spacial score (nSPS) is 11.1. The topological polar surface area (TPSA) is 100 Å². The van der Waals surface area contributed by atoms with E-state index in [1.54, 1.807) is 18.2 Å². The maximum Gasteiger partial charge on any atom is 0.310 e. The minimum absolute atomic E-state index is 0.0815. The van der Waals surface area contributed by atoms with Crippen molar-refractivity contribution in [2.75, 3.05) is 6.61 Å². The summed E-state index contributed by atoms with van der Waals surface area (Å²) in [4.78, 5) is 27.4. The van der Waals surface area contributed by atoms with E-state index in [-0.39, 0.29) is 35.7 Å². The summed E-state index contributed by atoms with van der Waals surface area (Å²) >= 11 is 0. The van der Waals surface area contributed by atoms with Gasteiger partial charge in [0.15, 0.2) is 5.75 Å². The van der Waals surface area contributed by atoms with Crippen molar-refractivity contribution in [3.63, 3.8) is 0 Å². The molecular formula is C18H13N3O5. The predicted molar refractivity (Wildman–Crippen MR) is 94.4 cm³/mol. The summed E-state index contributed by atoms with van der Waals surface area (Å²) < 4.78 is 12.4. The van der Waals surface area contributed by atoms with Crippen LogP contribution in [-0.2, 0) is 6.54 Å². The van der Waals surface area contributed by atoms with E-state index in [1.807, 2.05) is 18.2 Å². The zero-order valence-electron chi connectivity index (χ0n) is 13.5. The lowest BCUT2D eigenvalue weighted by atomic mass is 10.2. The van der Waals surface area contributed by atoms with Crippen LogP contribution >= 0.6 is 0 Å². The number of ether oxygens (including phenoxy) is 1. The molecule has 2 aromatic carbocycles. The molecule has 0 aliphatic rings. The first-order valence-corrected chi connectivity index (χ1v) is 7.88. The van der Waals surface area contributed by atoms with Crippen molar-refractivity contribution < 1.29 is 14.1 Å². The Morgan fingerprint density at radius 3 is 2.77 bits per heavy atom. The molecule has 26 heavy (non-hydrogen) atoms. The molecular weight excluding hydrogens is 338 g/mol. The quantitative estimate of drug-likeness (QED) is 0.404. The zero-order valence-corrected chi connectivity index (χ0v) is 13.5. The van der Waals surface area contributed by atoms with E-state index in [4.69, 9.17) is 9.15 Å². The van der Waals surface area contributed by atoms with Crippen molar-refractivity contribution in [1.82, 2.24) is 9.55 Å². The van der Waals surface area contributed by atoms with Gasteiger partial charge in [0.05, 0.1) is 17.8 Å². The molecule has 0 saturated heterocycles. The maximum absolute atomic E-state index is 12.6. The fraction of sp³-hybridized carbons (Fsp3) is 0.111. The summed E-state index contributed by atoms with van der Waals surface area (Å²) in [5, 5.41) is 11.8. The molecule has 0 unspecified atom stereocenters. The highest BCUT2D eigenvalue weighted by atomic mass is 16.6. The van der Waals surface area contributed by atoms with Crippen molar-refractivity contribution in [2.24, 2.45) is 0 Å². The summed E-state index contributed by atoms with van der Waals surface area (Å²) in [6.07, 6.45) is 1.43. The fourth-order valence-corrected chi connectivity index (χ4v) is 2.76. The zero-order chi connectivity index (χ0) is 18.1. The van der Waals surface area contributed by atoms with Gasteiger partial charge in [0.1, 0.15) is 17.7 Å². The lowest BCUT2D eigenvalue weighted by Crippen LogP contribution is -2.23. The summed E-state index contributed by atoms with van der Waals surface area (Å²) in [5.74, 6) is 0.156. The van der Waals surface area contributed by atoms with Crippen molar-refractivity contribution in [3.05, 3.63) is 75.3 Å². The first-order chi connectivity index (χ1) is 12.6. The molecule has 0 N–H and O–H groups in total. The summed E-state index contributed by atoms with van der Waals surface area (Å²) in [6, 6.07) is 13.4. The Hall–Kier alpha value is -3.68. The molecule has 0 saturated carbocycles. The average Bonchev–Trinajstić information content (AvgIpc) is 3.03. The van der Waals surface area contributed by atoms with Crippen LogP contribution in [0.5, 0.6) is 5.75 Å². The van der Waals surface area contributed by atoms with E-state index >= 15 is 0 Å². The van der Waals surface area contributed by atoms with Gasteiger partial charge in [0, 0.05) is 11.5 Å². The molecule has 0 fully saturated rings. The smallest absolute Gasteiger partial charge is 0.310 e. The second-order valence-corrected chi connectivity index (χ2v) is 5.59. The maximum atomic E-state index is 12.6. The third kappa shape index (κ3) is 2.67. The molecule has 0 amide bonds. The number of aromatic nitrogens is 2. The van der Waals surface area contributed by atoms with Crippen LogP contribution in [0.3, 0.4) is 0 Å². The molecule has 0 aliphatic carbocycles. The van der Waals surface area contributed by atoms with E-state index in [0.29, 0.717) is 11.1 Å². The second-order valence-electron chi connectivity index (χ2n) is 5.59. The van der Waals surface area contributed by atoms with Crippen LogP contribution < -0.4 is 10.3 Å². The monoisotopic (exact) mass is 351 g/mol. The molecule has 0 spiro atoms. The van der Waals surface area contributed by atoms with E-state index in [2.05, 4.69) is 4.98 Å². The van der Waals surface area contributed by atoms with E-state index in [9.17, 15) is 14.9 Å². The average molecular weight is 351 g/mol. The molecule has 4 aromatic rings. The Morgan fingerprint density at radius 1 is 1.15 bits per heavy atom. The Bertz CT molecular complexity index is 1180. The Balaban J connectivity index is 1.59. The molecule has 8 heteroatoms. The lowest BCUT2D eigenvalue weighted by Gasteiger charge is -2.08. The Kier molecular flexibility index (Phi) is 3.85. The number of nitrogens with zero attached hydrogens (tertiary/aromatic N) is 3. The number of hydrogen-bond donors (Lipinski definition) is 0. The van der Waals surface area contributed by atoms with Gasteiger partial charge in [-0.1, -0.05) is 24.3 Å². The number of rotatable bonds is 5. The van der Waals surface area contributed by atoms with Crippen molar-refractivity contribution in [3.8, 4) is 5.75 Å². The number of hydrogen-bond acceptors (Lipinski definition) is 6. The number of nitro groups is 1. The van der Waals surface area contributed by atoms with Crippen LogP contribution in [0.2, 0.25) is 0 Å². The number of furan rings is 1. The van der Waals surface area contributed by atoms with Crippen molar-refractivity contribution in [2.45, 2.75) is 6.54 Å². The Labute approximate surface area is 146 Å². The fourth-order valence-electron chi connectivity index (χ4n) is 2.76. The van der Waals surface area contributed by atoms with Gasteiger partial charge in [-0.15, -0.1) is 0 Å². The van der Waals surface area contributed by atoms with E-state index in [0.717, 1.165) is 5.39 Å². The summed E-state index contributed by atoms with van der Waals surface area (Å²) in [5.41, 5.74) is 0.852. The largest absolute Gasteiger partial charge is 0.485 e. The first-order valence-electron chi connectivity index (χ1n) is 7.88. The third-order valence-corrected chi connectivity index (χ3v) is 4.00. The van der Waals surface area contributed by atoms with Gasteiger partial charge in [0.2, 0.25) is 5.58 Å². The molecule has 0 bridgehead atoms. The molecule has 2 aromatic heterocycles. The summed E-state index contributed by atoms with van der Waals surface area (Å²) in [6.45, 7) is 0.267. The number of nitro benzene ring substituents is 1. The SMILES string of the molecule is O=c1c2oc3ccccc3c2ncn1CCOc1ccccc1[N+](=O)[O-]. The van der Waals surface area contributed by atoms with Crippen LogP contribution in [0.15, 0.2) is 64.1 Å². The van der Waals surface area contributed by atoms with Crippen LogP contribution in [0.4, 0.5) is 5.69 Å². The van der Waals surface area contributed by atoms with Gasteiger partial charge in [-0.3, -0.25) is 19.5 Å². The summed E-state index contributed by atoms with van der Waals surface area (Å²) in [7, 11) is 0. The van der Waals surface area contributed by atoms with Gasteiger partial charge >= 0.3 is 5.69 Å². The number of para-hydroxylation sites is 3. The van der Waals surface area contributed by atoms with E-state index < -0.39 is 4.92 Å². The molecule has 0 atom stereocenters. The predicted octanol–water partition coefficient (Wildman–Crippen LogP) is 3.13. The standard InChI is InChI=1S/C18H13N3O5/c22-18-17-16(12-5-1-3-7-14(12)26-17)19-11-20(18)9-10-25-15-8-4-2-6-13(15)21(23)24/h1-8,11H,9-10H2. The lowest BCUT2D eigenvalue weighted by molar-refractivity contribution is -0.385. The van der Waals surface area contributed by atoms with Crippen LogP contribution in [0.1, 0.15) is 0 Å². The van der Waals surface area contributed by atoms with Crippen LogP contribution in [0.25, 0.3) is 22.1 Å². The van der Waals surface area contributed by atoms with Crippen LogP contribution in [-0.4, -0.2) is 21.1 Å². The van der Waals surface area contributed by atoms with E-state index in [1.165, 1.54) is 23.0 Å². The highest BCUT2D eigenvalue weighted by Gasteiger charge is 2.15. The van der Waals surface area contributed by atoms with Gasteiger partial charge in [-0.05, 0) is 18.2 Å². The van der Waals surface area contributed by atoms with Gasteiger partial charge in [-0.2, -0.15) is 0 Å². The minimum atomic E-state index is -0.510. The number of fused-ring (bicyclic) bond motifs is 3. The van der Waals surface area contributed by atoms with Crippen molar-refractivity contribution in [1.29, 1.82) is 0 Å². The van der Waals surface area contributed by atoms with Gasteiger partial charge in [-0.25, -0.2) is 4.98 Å². The molecule has 0 aliphatic heterocycles. The second kappa shape index (κ2) is 6.32. The minimum Gasteiger partial charge on any atom is -0.485 e. The molecule has 4 rings (SSSR count). The highest BCUT2D eigenvalue weighted by Crippen LogP contribution is 2.26. The molecule has 2 heterocycles. The molecule has 130 valence electrons. The van der Waals surface area contributed by atoms with Crippen LogP contribution in [0, 0.1) is 10.1 Å². The van der Waals surface area contributed by atoms with Gasteiger partial charge < -0.3 is 9.15 Å². The Morgan fingerprint density at radius 2 is 1.92 bits per heavy atom. The van der Waals surface area contributed by atoms with Crippen molar-refractivity contribution >= 4 is 27.8 Å². The highest BCUT2D eigenvalue weighted by molar-refractivity contribution is 6.01. The molecule has 8 nitrogen and oxygen atoms in total. The number of benzene rings is 2. The van der Waals surface area contributed by atoms with Gasteiger partial charge in [0.25, 0.3) is 5.56 Å².